The molecule has 0 aliphatic carbocycles. The van der Waals surface area contributed by atoms with E-state index in [1.807, 2.05) is 0 Å². The third kappa shape index (κ3) is 2.54. The maximum absolute atomic E-state index is 2.43. The summed E-state index contributed by atoms with van der Waals surface area (Å²) in [7, 11) is 0. The van der Waals surface area contributed by atoms with Gasteiger partial charge in [-0.25, -0.2) is 0 Å². The van der Waals surface area contributed by atoms with E-state index in [0.717, 1.165) is 0 Å². The zero-order valence-corrected chi connectivity index (χ0v) is 16.0. The van der Waals surface area contributed by atoms with Crippen molar-refractivity contribution in [1.29, 1.82) is 0 Å². The van der Waals surface area contributed by atoms with Crippen LogP contribution < -0.4 is 4.90 Å². The second kappa shape index (κ2) is 5.99. The summed E-state index contributed by atoms with van der Waals surface area (Å²) in [4.78, 5) is 2.43. The van der Waals surface area contributed by atoms with Crippen molar-refractivity contribution in [2.24, 2.45) is 0 Å². The minimum atomic E-state index is 0.375. The molecule has 0 aromatic heterocycles. The standard InChI is InChI=1S/C26H23N/c1-17(2)27(23-9-4-6-18(3)14-23)24-15-21-12-10-19-7-5-8-20-11-13-22(16-24)26(21)25(19)20/h4-17H,1-3H3. The van der Waals surface area contributed by atoms with Crippen LogP contribution in [0.4, 0.5) is 11.4 Å². The van der Waals surface area contributed by atoms with E-state index in [1.54, 1.807) is 0 Å². The molecule has 5 aromatic rings. The van der Waals surface area contributed by atoms with Crippen molar-refractivity contribution >= 4 is 43.7 Å². The second-order valence-electron chi connectivity index (χ2n) is 7.78. The molecular formula is C26H23N. The number of rotatable bonds is 3. The highest BCUT2D eigenvalue weighted by atomic mass is 15.2. The Labute approximate surface area is 160 Å². The normalized spacial score (nSPS) is 11.9. The quantitative estimate of drug-likeness (QED) is 0.306. The first-order valence-corrected chi connectivity index (χ1v) is 9.65. The predicted octanol–water partition coefficient (Wildman–Crippen LogP) is 7.44. The number of aryl methyl sites for hydroxylation is 1. The molecule has 0 fully saturated rings. The molecule has 0 N–H and O–H groups in total. The van der Waals surface area contributed by atoms with Crippen LogP contribution in [-0.4, -0.2) is 6.04 Å². The van der Waals surface area contributed by atoms with E-state index in [2.05, 4.69) is 105 Å². The zero-order valence-electron chi connectivity index (χ0n) is 16.0. The Balaban J connectivity index is 1.80. The van der Waals surface area contributed by atoms with Crippen LogP contribution in [0.2, 0.25) is 0 Å². The lowest BCUT2D eigenvalue weighted by molar-refractivity contribution is 0.789. The van der Waals surface area contributed by atoms with E-state index in [9.17, 15) is 0 Å². The molecule has 0 aliphatic rings. The number of hydrogen-bond donors (Lipinski definition) is 0. The Morgan fingerprint density at radius 2 is 1.15 bits per heavy atom. The van der Waals surface area contributed by atoms with Gasteiger partial charge in [-0.05, 0) is 82.9 Å². The Bertz CT molecular complexity index is 1200. The number of nitrogens with zero attached hydrogens (tertiary/aromatic N) is 1. The summed E-state index contributed by atoms with van der Waals surface area (Å²) in [6.45, 7) is 6.67. The van der Waals surface area contributed by atoms with E-state index in [-0.39, 0.29) is 0 Å². The summed E-state index contributed by atoms with van der Waals surface area (Å²) in [5.74, 6) is 0. The van der Waals surface area contributed by atoms with Crippen LogP contribution in [-0.2, 0) is 0 Å². The van der Waals surface area contributed by atoms with Crippen LogP contribution in [0.3, 0.4) is 0 Å². The third-order valence-electron chi connectivity index (χ3n) is 5.52. The lowest BCUT2D eigenvalue weighted by atomic mass is 9.93. The van der Waals surface area contributed by atoms with Crippen molar-refractivity contribution in [3.05, 3.63) is 84.4 Å². The van der Waals surface area contributed by atoms with Gasteiger partial charge in [-0.2, -0.15) is 0 Å². The summed E-state index contributed by atoms with van der Waals surface area (Å²) in [5, 5.41) is 8.01. The molecule has 0 spiro atoms. The first-order valence-electron chi connectivity index (χ1n) is 9.65. The van der Waals surface area contributed by atoms with Crippen LogP contribution in [0, 0.1) is 6.92 Å². The smallest absolute Gasteiger partial charge is 0.0425 e. The highest BCUT2D eigenvalue weighted by Gasteiger charge is 2.16. The second-order valence-corrected chi connectivity index (χ2v) is 7.78. The van der Waals surface area contributed by atoms with Gasteiger partial charge >= 0.3 is 0 Å². The Kier molecular flexibility index (Phi) is 3.58. The maximum Gasteiger partial charge on any atom is 0.0425 e. The van der Waals surface area contributed by atoms with Gasteiger partial charge in [-0.3, -0.25) is 0 Å². The molecule has 0 unspecified atom stereocenters. The van der Waals surface area contributed by atoms with E-state index in [1.165, 1.54) is 49.3 Å². The molecule has 0 saturated carbocycles. The monoisotopic (exact) mass is 349 g/mol. The number of anilines is 2. The van der Waals surface area contributed by atoms with Crippen LogP contribution in [0.25, 0.3) is 32.3 Å². The molecule has 132 valence electrons. The first-order chi connectivity index (χ1) is 13.1. The van der Waals surface area contributed by atoms with Crippen LogP contribution in [0.5, 0.6) is 0 Å². The molecule has 5 rings (SSSR count). The lowest BCUT2D eigenvalue weighted by Crippen LogP contribution is -2.25. The van der Waals surface area contributed by atoms with Gasteiger partial charge in [0.1, 0.15) is 0 Å². The molecule has 0 amide bonds. The summed E-state index contributed by atoms with van der Waals surface area (Å²) < 4.78 is 0. The minimum absolute atomic E-state index is 0.375. The molecule has 0 saturated heterocycles. The molecule has 0 heterocycles. The summed E-state index contributed by atoms with van der Waals surface area (Å²) in [6.07, 6.45) is 0. The van der Waals surface area contributed by atoms with Gasteiger partial charge in [-0.1, -0.05) is 54.6 Å². The van der Waals surface area contributed by atoms with Gasteiger partial charge in [0.05, 0.1) is 0 Å². The Morgan fingerprint density at radius 3 is 1.74 bits per heavy atom. The highest BCUT2D eigenvalue weighted by Crippen LogP contribution is 2.39. The highest BCUT2D eigenvalue weighted by molar-refractivity contribution is 6.23. The SMILES string of the molecule is Cc1cccc(N(c2cc3ccc4cccc5ccc(c2)c3c45)C(C)C)c1. The van der Waals surface area contributed by atoms with Gasteiger partial charge < -0.3 is 4.90 Å². The van der Waals surface area contributed by atoms with Crippen molar-refractivity contribution in [1.82, 2.24) is 0 Å². The lowest BCUT2D eigenvalue weighted by Gasteiger charge is -2.30. The fourth-order valence-corrected chi connectivity index (χ4v) is 4.40. The molecule has 5 aromatic carbocycles. The Morgan fingerprint density at radius 1 is 0.593 bits per heavy atom. The van der Waals surface area contributed by atoms with Crippen molar-refractivity contribution in [3.8, 4) is 0 Å². The van der Waals surface area contributed by atoms with E-state index >= 15 is 0 Å². The third-order valence-corrected chi connectivity index (χ3v) is 5.52. The fraction of sp³-hybridized carbons (Fsp3) is 0.154. The summed E-state index contributed by atoms with van der Waals surface area (Å²) in [5.41, 5.74) is 3.79. The molecule has 0 bridgehead atoms. The average Bonchev–Trinajstić information content (AvgIpc) is 2.66. The van der Waals surface area contributed by atoms with Crippen LogP contribution in [0.15, 0.2) is 78.9 Å². The van der Waals surface area contributed by atoms with E-state index < -0.39 is 0 Å². The number of hydrogen-bond acceptors (Lipinski definition) is 1. The molecule has 0 aliphatic heterocycles. The zero-order chi connectivity index (χ0) is 18.5. The van der Waals surface area contributed by atoms with Gasteiger partial charge in [0, 0.05) is 17.4 Å². The fourth-order valence-electron chi connectivity index (χ4n) is 4.40. The molecule has 0 radical (unpaired) electrons. The summed E-state index contributed by atoms with van der Waals surface area (Å²) >= 11 is 0. The Hall–Kier alpha value is -3.06. The van der Waals surface area contributed by atoms with Crippen molar-refractivity contribution < 1.29 is 0 Å². The van der Waals surface area contributed by atoms with Crippen LogP contribution >= 0.6 is 0 Å². The maximum atomic E-state index is 2.43. The largest absolute Gasteiger partial charge is 0.339 e. The van der Waals surface area contributed by atoms with Crippen LogP contribution in [0.1, 0.15) is 19.4 Å². The summed E-state index contributed by atoms with van der Waals surface area (Å²) in [6, 6.07) is 29.4. The van der Waals surface area contributed by atoms with Gasteiger partial charge in [0.25, 0.3) is 0 Å². The number of benzene rings is 5. The van der Waals surface area contributed by atoms with Gasteiger partial charge in [0.15, 0.2) is 0 Å². The van der Waals surface area contributed by atoms with Gasteiger partial charge in [-0.15, -0.1) is 0 Å². The van der Waals surface area contributed by atoms with Crippen molar-refractivity contribution in [2.45, 2.75) is 26.8 Å². The molecule has 27 heavy (non-hydrogen) atoms. The average molecular weight is 349 g/mol. The molecule has 0 atom stereocenters. The first kappa shape index (κ1) is 16.1. The van der Waals surface area contributed by atoms with Crippen molar-refractivity contribution in [2.75, 3.05) is 4.90 Å². The topological polar surface area (TPSA) is 3.24 Å². The molecule has 1 nitrogen and oxygen atoms in total. The van der Waals surface area contributed by atoms with E-state index in [0.29, 0.717) is 6.04 Å². The minimum Gasteiger partial charge on any atom is -0.339 e. The van der Waals surface area contributed by atoms with Gasteiger partial charge in [0.2, 0.25) is 0 Å². The molecular weight excluding hydrogens is 326 g/mol. The van der Waals surface area contributed by atoms with E-state index in [4.69, 9.17) is 0 Å². The molecule has 1 heteroatoms. The van der Waals surface area contributed by atoms with Crippen molar-refractivity contribution in [3.63, 3.8) is 0 Å². The predicted molar refractivity (Wildman–Crippen MR) is 119 cm³/mol.